The summed E-state index contributed by atoms with van der Waals surface area (Å²) in [6.07, 6.45) is 0. The molecule has 0 amide bonds. The third-order valence-corrected chi connectivity index (χ3v) is 3.30. The van der Waals surface area contributed by atoms with Gasteiger partial charge in [0.15, 0.2) is 5.17 Å². The van der Waals surface area contributed by atoms with Gasteiger partial charge in [0.25, 0.3) is 0 Å². The van der Waals surface area contributed by atoms with E-state index in [2.05, 4.69) is 27.0 Å². The minimum atomic E-state index is 0.656. The summed E-state index contributed by atoms with van der Waals surface area (Å²) in [6.45, 7) is 2.72. The molecule has 0 saturated heterocycles. The molecule has 1 aromatic carbocycles. The fourth-order valence-corrected chi connectivity index (χ4v) is 2.35. The highest BCUT2D eigenvalue weighted by atomic mass is 79.9. The second kappa shape index (κ2) is 6.09. The van der Waals surface area contributed by atoms with Crippen LogP contribution in [0.2, 0.25) is 0 Å². The molecular weight excluding hydrogens is 260 g/mol. The molecule has 0 heterocycles. The molecule has 0 aliphatic rings. The summed E-state index contributed by atoms with van der Waals surface area (Å²) < 4.78 is 1.12. The maximum atomic E-state index is 5.68. The summed E-state index contributed by atoms with van der Waals surface area (Å²) in [5.41, 5.74) is 6.92. The minimum Gasteiger partial charge on any atom is -0.379 e. The van der Waals surface area contributed by atoms with Crippen molar-refractivity contribution in [3.63, 3.8) is 0 Å². The van der Waals surface area contributed by atoms with E-state index in [9.17, 15) is 0 Å². The Kier molecular flexibility index (Phi) is 5.04. The highest BCUT2D eigenvalue weighted by Crippen LogP contribution is 2.21. The van der Waals surface area contributed by atoms with E-state index < -0.39 is 0 Å². The van der Waals surface area contributed by atoms with Gasteiger partial charge in [-0.05, 0) is 18.6 Å². The van der Waals surface area contributed by atoms with Crippen LogP contribution in [-0.2, 0) is 5.75 Å². The van der Waals surface area contributed by atoms with Gasteiger partial charge in [-0.2, -0.15) is 0 Å². The number of hydrogen-bond acceptors (Lipinski definition) is 2. The fourth-order valence-electron chi connectivity index (χ4n) is 0.969. The van der Waals surface area contributed by atoms with Crippen LogP contribution in [0.3, 0.4) is 0 Å². The van der Waals surface area contributed by atoms with Crippen molar-refractivity contribution in [1.82, 2.24) is 0 Å². The molecule has 14 heavy (non-hydrogen) atoms. The van der Waals surface area contributed by atoms with E-state index in [0.29, 0.717) is 5.17 Å². The Hall–Kier alpha value is -0.480. The number of thioether (sulfide) groups is 1. The Balaban J connectivity index is 2.54. The third-order valence-electron chi connectivity index (χ3n) is 1.65. The minimum absolute atomic E-state index is 0.656. The first-order valence-corrected chi connectivity index (χ1v) is 6.18. The summed E-state index contributed by atoms with van der Waals surface area (Å²) in [5.74, 6) is 0.858. The molecule has 76 valence electrons. The highest BCUT2D eigenvalue weighted by Gasteiger charge is 1.99. The normalized spacial score (nSPS) is 11.7. The lowest BCUT2D eigenvalue weighted by molar-refractivity contribution is 1.13. The molecule has 0 aliphatic heterocycles. The van der Waals surface area contributed by atoms with E-state index in [-0.39, 0.29) is 0 Å². The molecule has 0 aliphatic carbocycles. The molecule has 0 aromatic heterocycles. The van der Waals surface area contributed by atoms with Crippen molar-refractivity contribution in [2.24, 2.45) is 10.7 Å². The Morgan fingerprint density at radius 3 is 2.86 bits per heavy atom. The zero-order valence-corrected chi connectivity index (χ0v) is 10.4. The average Bonchev–Trinajstić information content (AvgIpc) is 2.17. The van der Waals surface area contributed by atoms with Crippen LogP contribution < -0.4 is 5.73 Å². The number of benzene rings is 1. The maximum Gasteiger partial charge on any atom is 0.154 e. The van der Waals surface area contributed by atoms with Gasteiger partial charge in [0.2, 0.25) is 0 Å². The van der Waals surface area contributed by atoms with Crippen LogP contribution in [0.15, 0.2) is 33.7 Å². The van der Waals surface area contributed by atoms with Crippen molar-refractivity contribution >= 4 is 32.9 Å². The van der Waals surface area contributed by atoms with Crippen molar-refractivity contribution < 1.29 is 0 Å². The first kappa shape index (κ1) is 11.6. The monoisotopic (exact) mass is 272 g/mol. The lowest BCUT2D eigenvalue weighted by atomic mass is 10.2. The first-order valence-electron chi connectivity index (χ1n) is 4.40. The average molecular weight is 273 g/mol. The van der Waals surface area contributed by atoms with Gasteiger partial charge >= 0.3 is 0 Å². The second-order valence-electron chi connectivity index (χ2n) is 2.69. The SMILES string of the molecule is CCN=C(N)SCc1ccccc1Br. The van der Waals surface area contributed by atoms with Gasteiger partial charge in [-0.15, -0.1) is 0 Å². The zero-order chi connectivity index (χ0) is 10.4. The summed E-state index contributed by atoms with van der Waals surface area (Å²) in [5, 5.41) is 0.656. The van der Waals surface area contributed by atoms with Crippen molar-refractivity contribution in [2.75, 3.05) is 6.54 Å². The van der Waals surface area contributed by atoms with Gasteiger partial charge in [-0.3, -0.25) is 4.99 Å². The molecular formula is C10H13BrN2S. The van der Waals surface area contributed by atoms with Crippen LogP contribution in [0, 0.1) is 0 Å². The van der Waals surface area contributed by atoms with Gasteiger partial charge in [0.05, 0.1) is 0 Å². The zero-order valence-electron chi connectivity index (χ0n) is 8.03. The van der Waals surface area contributed by atoms with Gasteiger partial charge in [0, 0.05) is 16.8 Å². The van der Waals surface area contributed by atoms with Crippen molar-refractivity contribution in [2.45, 2.75) is 12.7 Å². The molecule has 0 fully saturated rings. The molecule has 0 saturated carbocycles. The van der Waals surface area contributed by atoms with Crippen LogP contribution in [-0.4, -0.2) is 11.7 Å². The Labute approximate surface area is 97.1 Å². The molecule has 0 unspecified atom stereocenters. The topological polar surface area (TPSA) is 38.4 Å². The van der Waals surface area contributed by atoms with Gasteiger partial charge in [0.1, 0.15) is 0 Å². The molecule has 0 radical (unpaired) electrons. The standard InChI is InChI=1S/C10H13BrN2S/c1-2-13-10(12)14-7-8-5-3-4-6-9(8)11/h3-6H,2,7H2,1H3,(H2,12,13). The number of nitrogens with two attached hydrogens (primary N) is 1. The number of hydrogen-bond donors (Lipinski definition) is 1. The summed E-state index contributed by atoms with van der Waals surface area (Å²) in [6, 6.07) is 8.13. The quantitative estimate of drug-likeness (QED) is 0.679. The number of nitrogens with zero attached hydrogens (tertiary/aromatic N) is 1. The summed E-state index contributed by atoms with van der Waals surface area (Å²) in [4.78, 5) is 4.11. The molecule has 1 aromatic rings. The van der Waals surface area contributed by atoms with Crippen molar-refractivity contribution in [1.29, 1.82) is 0 Å². The van der Waals surface area contributed by atoms with Gasteiger partial charge in [-0.25, -0.2) is 0 Å². The molecule has 1 rings (SSSR count). The van der Waals surface area contributed by atoms with Crippen LogP contribution in [0.5, 0.6) is 0 Å². The van der Waals surface area contributed by atoms with E-state index in [1.54, 1.807) is 11.8 Å². The summed E-state index contributed by atoms with van der Waals surface area (Å²) in [7, 11) is 0. The van der Waals surface area contributed by atoms with Crippen molar-refractivity contribution in [3.05, 3.63) is 34.3 Å². The van der Waals surface area contributed by atoms with E-state index in [1.165, 1.54) is 5.56 Å². The van der Waals surface area contributed by atoms with Crippen LogP contribution in [0.25, 0.3) is 0 Å². The third kappa shape index (κ3) is 3.72. The number of aliphatic imine (C=N–C) groups is 1. The van der Waals surface area contributed by atoms with E-state index in [1.807, 2.05) is 25.1 Å². The Bertz CT molecular complexity index is 326. The smallest absolute Gasteiger partial charge is 0.154 e. The van der Waals surface area contributed by atoms with E-state index in [4.69, 9.17) is 5.73 Å². The van der Waals surface area contributed by atoms with Crippen LogP contribution in [0.1, 0.15) is 12.5 Å². The number of rotatable bonds is 3. The Morgan fingerprint density at radius 2 is 2.21 bits per heavy atom. The summed E-state index contributed by atoms with van der Waals surface area (Å²) >= 11 is 5.06. The molecule has 2 N–H and O–H groups in total. The van der Waals surface area contributed by atoms with Crippen molar-refractivity contribution in [3.8, 4) is 0 Å². The Morgan fingerprint density at radius 1 is 1.50 bits per heavy atom. The molecule has 0 atom stereocenters. The predicted octanol–water partition coefficient (Wildman–Crippen LogP) is 3.02. The fraction of sp³-hybridized carbons (Fsp3) is 0.300. The lowest BCUT2D eigenvalue weighted by Crippen LogP contribution is -2.07. The number of halogens is 1. The number of amidine groups is 1. The van der Waals surface area contributed by atoms with Gasteiger partial charge < -0.3 is 5.73 Å². The molecule has 2 nitrogen and oxygen atoms in total. The lowest BCUT2D eigenvalue weighted by Gasteiger charge is -2.03. The van der Waals surface area contributed by atoms with Gasteiger partial charge in [-0.1, -0.05) is 45.9 Å². The largest absolute Gasteiger partial charge is 0.379 e. The molecule has 4 heteroatoms. The second-order valence-corrected chi connectivity index (χ2v) is 4.54. The highest BCUT2D eigenvalue weighted by molar-refractivity contribution is 9.10. The predicted molar refractivity (Wildman–Crippen MR) is 67.6 cm³/mol. The van der Waals surface area contributed by atoms with E-state index >= 15 is 0 Å². The maximum absolute atomic E-state index is 5.68. The first-order chi connectivity index (χ1) is 6.74. The molecule has 0 bridgehead atoms. The van der Waals surface area contributed by atoms with E-state index in [0.717, 1.165) is 16.8 Å². The molecule has 0 spiro atoms. The van der Waals surface area contributed by atoms with Crippen LogP contribution in [0.4, 0.5) is 0 Å². The van der Waals surface area contributed by atoms with Crippen LogP contribution >= 0.6 is 27.7 Å².